The van der Waals surface area contributed by atoms with Crippen molar-refractivity contribution in [1.29, 1.82) is 0 Å². The highest BCUT2D eigenvalue weighted by Crippen LogP contribution is 2.36. The molecule has 0 aromatic carbocycles. The Morgan fingerprint density at radius 2 is 1.87 bits per heavy atom. The third kappa shape index (κ3) is 3.28. The largest absolute Gasteiger partial charge is 0.242 e. The van der Waals surface area contributed by atoms with Crippen LogP contribution in [0.4, 0.5) is 0 Å². The Balaban J connectivity index is 2.74. The van der Waals surface area contributed by atoms with Gasteiger partial charge in [0.15, 0.2) is 0 Å². The van der Waals surface area contributed by atoms with Gasteiger partial charge in [0.1, 0.15) is 0 Å². The monoisotopic (exact) mass is 231 g/mol. The quantitative estimate of drug-likeness (QED) is 0.731. The van der Waals surface area contributed by atoms with Crippen LogP contribution in [0.2, 0.25) is 0 Å². The Bertz CT molecular complexity index is 228. The first kappa shape index (κ1) is 13.2. The van der Waals surface area contributed by atoms with Gasteiger partial charge in [0, 0.05) is 0 Å². The van der Waals surface area contributed by atoms with Gasteiger partial charge in [0.2, 0.25) is 0 Å². The van der Waals surface area contributed by atoms with E-state index in [9.17, 15) is 4.21 Å². The lowest BCUT2D eigenvalue weighted by molar-refractivity contribution is 0.238. The number of rotatable bonds is 3. The van der Waals surface area contributed by atoms with Crippen molar-refractivity contribution in [1.82, 2.24) is 4.31 Å². The smallest absolute Gasteiger partial charge is 0.0972 e. The van der Waals surface area contributed by atoms with Crippen LogP contribution in [0, 0.1) is 17.8 Å². The van der Waals surface area contributed by atoms with Gasteiger partial charge in [-0.05, 0) is 44.7 Å². The van der Waals surface area contributed by atoms with Crippen LogP contribution in [-0.2, 0) is 11.0 Å². The normalized spacial score (nSPS) is 34.7. The lowest BCUT2D eigenvalue weighted by Crippen LogP contribution is -2.39. The minimum atomic E-state index is -0.796. The summed E-state index contributed by atoms with van der Waals surface area (Å²) in [6, 6.07) is 0. The lowest BCUT2D eigenvalue weighted by atomic mass is 9.77. The maximum Gasteiger partial charge on any atom is 0.0972 e. The molecule has 3 heteroatoms. The Labute approximate surface area is 97.0 Å². The molecular formula is C12H25NOS. The molecule has 0 aliphatic heterocycles. The molecule has 1 fully saturated rings. The molecule has 0 saturated heterocycles. The van der Waals surface area contributed by atoms with Crippen molar-refractivity contribution in [2.24, 2.45) is 17.8 Å². The second-order valence-corrected chi connectivity index (χ2v) is 7.34. The third-order valence-electron chi connectivity index (χ3n) is 3.58. The van der Waals surface area contributed by atoms with Crippen molar-refractivity contribution < 1.29 is 4.21 Å². The Morgan fingerprint density at radius 1 is 1.27 bits per heavy atom. The molecule has 15 heavy (non-hydrogen) atoms. The second kappa shape index (κ2) is 5.44. The maximum absolute atomic E-state index is 12.2. The summed E-state index contributed by atoms with van der Waals surface area (Å²) >= 11 is 0. The van der Waals surface area contributed by atoms with Crippen LogP contribution in [0.5, 0.6) is 0 Å². The first-order chi connectivity index (χ1) is 6.93. The molecule has 4 atom stereocenters. The Hall–Kier alpha value is 0.110. The highest BCUT2D eigenvalue weighted by atomic mass is 32.2. The van der Waals surface area contributed by atoms with Crippen molar-refractivity contribution in [2.45, 2.75) is 45.3 Å². The zero-order valence-corrected chi connectivity index (χ0v) is 11.5. The molecular weight excluding hydrogens is 206 g/mol. The molecule has 0 N–H and O–H groups in total. The predicted molar refractivity (Wildman–Crippen MR) is 67.0 cm³/mol. The minimum Gasteiger partial charge on any atom is -0.242 e. The van der Waals surface area contributed by atoms with E-state index in [1.807, 2.05) is 18.4 Å². The maximum atomic E-state index is 12.2. The first-order valence-electron chi connectivity index (χ1n) is 6.01. The van der Waals surface area contributed by atoms with Gasteiger partial charge in [-0.2, -0.15) is 0 Å². The van der Waals surface area contributed by atoms with E-state index in [0.717, 1.165) is 12.3 Å². The summed E-state index contributed by atoms with van der Waals surface area (Å²) in [4.78, 5) is 0. The molecule has 90 valence electrons. The zero-order chi connectivity index (χ0) is 11.6. The van der Waals surface area contributed by atoms with Gasteiger partial charge < -0.3 is 0 Å². The summed E-state index contributed by atoms with van der Waals surface area (Å²) in [5, 5.41) is 0.378. The van der Waals surface area contributed by atoms with Gasteiger partial charge in [-0.1, -0.05) is 27.2 Å². The Kier molecular flexibility index (Phi) is 4.78. The molecule has 0 aromatic heterocycles. The summed E-state index contributed by atoms with van der Waals surface area (Å²) in [5.74, 6) is 2.05. The fraction of sp³-hybridized carbons (Fsp3) is 1.00. The van der Waals surface area contributed by atoms with Gasteiger partial charge in [-0.25, -0.2) is 8.51 Å². The zero-order valence-electron chi connectivity index (χ0n) is 10.7. The number of hydrogen-bond acceptors (Lipinski definition) is 1. The van der Waals surface area contributed by atoms with Crippen molar-refractivity contribution >= 4 is 11.0 Å². The number of nitrogens with zero attached hydrogens (tertiary/aromatic N) is 1. The van der Waals surface area contributed by atoms with E-state index in [1.54, 1.807) is 0 Å². The van der Waals surface area contributed by atoms with E-state index in [-0.39, 0.29) is 0 Å². The van der Waals surface area contributed by atoms with E-state index < -0.39 is 11.0 Å². The topological polar surface area (TPSA) is 20.3 Å². The van der Waals surface area contributed by atoms with E-state index in [1.165, 1.54) is 12.8 Å². The van der Waals surface area contributed by atoms with E-state index in [2.05, 4.69) is 20.8 Å². The van der Waals surface area contributed by atoms with Crippen LogP contribution in [0.25, 0.3) is 0 Å². The molecule has 0 radical (unpaired) electrons. The predicted octanol–water partition coefficient (Wildman–Crippen LogP) is 2.67. The highest BCUT2D eigenvalue weighted by Gasteiger charge is 2.35. The molecule has 1 aliphatic rings. The first-order valence-corrected chi connectivity index (χ1v) is 7.18. The lowest BCUT2D eigenvalue weighted by Gasteiger charge is -2.37. The van der Waals surface area contributed by atoms with E-state index in [4.69, 9.17) is 0 Å². The van der Waals surface area contributed by atoms with Crippen LogP contribution in [0.1, 0.15) is 40.0 Å². The molecule has 1 saturated carbocycles. The van der Waals surface area contributed by atoms with E-state index in [0.29, 0.717) is 17.1 Å². The number of hydrogen-bond donors (Lipinski definition) is 0. The summed E-state index contributed by atoms with van der Waals surface area (Å²) in [6.45, 7) is 6.82. The Morgan fingerprint density at radius 3 is 2.33 bits per heavy atom. The summed E-state index contributed by atoms with van der Waals surface area (Å²) in [6.07, 6.45) is 3.70. The molecule has 0 heterocycles. The van der Waals surface area contributed by atoms with Crippen molar-refractivity contribution in [2.75, 3.05) is 14.1 Å². The van der Waals surface area contributed by atoms with Gasteiger partial charge in [0.05, 0.1) is 16.2 Å². The standard InChI is InChI=1S/C12H25NOS/c1-9(2)11-7-6-10(3)8-12(11)15(14)13(4)5/h9-12H,6-8H2,1-5H3. The van der Waals surface area contributed by atoms with E-state index >= 15 is 0 Å². The fourth-order valence-electron chi connectivity index (χ4n) is 2.62. The van der Waals surface area contributed by atoms with Crippen LogP contribution in [0.15, 0.2) is 0 Å². The van der Waals surface area contributed by atoms with Gasteiger partial charge >= 0.3 is 0 Å². The molecule has 0 aromatic rings. The second-order valence-electron chi connectivity index (χ2n) is 5.45. The molecule has 0 bridgehead atoms. The van der Waals surface area contributed by atoms with Gasteiger partial charge in [-0.3, -0.25) is 0 Å². The summed E-state index contributed by atoms with van der Waals surface area (Å²) < 4.78 is 14.1. The van der Waals surface area contributed by atoms with Gasteiger partial charge in [0.25, 0.3) is 0 Å². The molecule has 0 spiro atoms. The van der Waals surface area contributed by atoms with Crippen LogP contribution in [-0.4, -0.2) is 27.9 Å². The summed E-state index contributed by atoms with van der Waals surface area (Å²) in [5.41, 5.74) is 0. The molecule has 1 aliphatic carbocycles. The fourth-order valence-corrected chi connectivity index (χ4v) is 4.40. The van der Waals surface area contributed by atoms with Crippen molar-refractivity contribution in [3.63, 3.8) is 0 Å². The molecule has 2 nitrogen and oxygen atoms in total. The average Bonchev–Trinajstić information content (AvgIpc) is 2.15. The van der Waals surface area contributed by atoms with Gasteiger partial charge in [-0.15, -0.1) is 0 Å². The van der Waals surface area contributed by atoms with Crippen molar-refractivity contribution in [3.05, 3.63) is 0 Å². The highest BCUT2D eigenvalue weighted by molar-refractivity contribution is 7.83. The molecule has 1 rings (SSSR count). The van der Waals surface area contributed by atoms with Crippen LogP contribution >= 0.6 is 0 Å². The molecule has 0 amide bonds. The SMILES string of the molecule is CC1CCC(C(C)C)C(S(=O)N(C)C)C1. The minimum absolute atomic E-state index is 0.378. The average molecular weight is 231 g/mol. The summed E-state index contributed by atoms with van der Waals surface area (Å²) in [7, 11) is 3.05. The molecule has 4 unspecified atom stereocenters. The van der Waals surface area contributed by atoms with Crippen LogP contribution in [0.3, 0.4) is 0 Å². The third-order valence-corrected chi connectivity index (χ3v) is 5.36. The van der Waals surface area contributed by atoms with Crippen LogP contribution < -0.4 is 0 Å². The van der Waals surface area contributed by atoms with Crippen molar-refractivity contribution in [3.8, 4) is 0 Å².